The molecule has 3 aromatic heterocycles. The van der Waals surface area contributed by atoms with Gasteiger partial charge in [-0.3, -0.25) is 4.79 Å². The molecule has 5 rings (SSSR count). The zero-order chi connectivity index (χ0) is 23.1. The van der Waals surface area contributed by atoms with Gasteiger partial charge in [0.25, 0.3) is 0 Å². The van der Waals surface area contributed by atoms with Gasteiger partial charge < -0.3 is 5.32 Å². The predicted molar refractivity (Wildman–Crippen MR) is 138 cm³/mol. The Hall–Kier alpha value is -2.51. The fourth-order valence-corrected chi connectivity index (χ4v) is 6.71. The van der Waals surface area contributed by atoms with E-state index in [0.29, 0.717) is 5.92 Å². The first-order valence-electron chi connectivity index (χ1n) is 11.5. The average Bonchev–Trinajstić information content (AvgIpc) is 3.40. The summed E-state index contributed by atoms with van der Waals surface area (Å²) in [4.78, 5) is 28.3. The van der Waals surface area contributed by atoms with Crippen LogP contribution < -0.4 is 5.32 Å². The number of aryl methyl sites for hydroxylation is 2. The molecule has 0 spiro atoms. The number of hydrogen-bond donors (Lipinski definition) is 1. The van der Waals surface area contributed by atoms with Crippen molar-refractivity contribution in [3.05, 3.63) is 53.0 Å². The molecule has 1 amide bonds. The predicted octanol–water partition coefficient (Wildman–Crippen LogP) is 6.35. The Bertz CT molecular complexity index is 1360. The summed E-state index contributed by atoms with van der Waals surface area (Å²) in [6.07, 6.45) is 6.02. The molecule has 1 aliphatic rings. The van der Waals surface area contributed by atoms with Crippen molar-refractivity contribution in [2.75, 3.05) is 5.32 Å². The van der Waals surface area contributed by atoms with Crippen LogP contribution in [-0.2, 0) is 24.1 Å². The van der Waals surface area contributed by atoms with Crippen molar-refractivity contribution in [2.24, 2.45) is 5.92 Å². The van der Waals surface area contributed by atoms with Crippen LogP contribution in [0, 0.1) is 12.8 Å². The number of pyridine rings is 1. The fourth-order valence-electron chi connectivity index (χ4n) is 4.56. The summed E-state index contributed by atoms with van der Waals surface area (Å²) in [5, 5.41) is 4.82. The molecule has 1 N–H and O–H groups in total. The number of aromatic nitrogens is 3. The zero-order valence-corrected chi connectivity index (χ0v) is 21.1. The number of fused-ring (bicyclic) bond motifs is 5. The first-order chi connectivity index (χ1) is 15.9. The molecular formula is C26H28N4OS2. The number of nitrogens with one attached hydrogen (secondary N) is 1. The summed E-state index contributed by atoms with van der Waals surface area (Å²) in [7, 11) is 0. The van der Waals surface area contributed by atoms with Crippen LogP contribution in [0.2, 0.25) is 0 Å². The third kappa shape index (κ3) is 4.24. The van der Waals surface area contributed by atoms with Gasteiger partial charge in [0.15, 0.2) is 0 Å². The number of nitrogens with zero attached hydrogens (tertiary/aromatic N) is 3. The van der Waals surface area contributed by atoms with Crippen molar-refractivity contribution in [3.8, 4) is 0 Å². The Kier molecular flexibility index (Phi) is 6.10. The van der Waals surface area contributed by atoms with Gasteiger partial charge >= 0.3 is 0 Å². The second kappa shape index (κ2) is 9.03. The van der Waals surface area contributed by atoms with Gasteiger partial charge in [0.1, 0.15) is 16.2 Å². The molecule has 1 atom stereocenters. The SMILES string of the molecule is Cc1ccccc1NC(=O)C(C)Sc1ncnc2c1sc1nc(CC(C)C)c3c(c12)CCC3. The lowest BCUT2D eigenvalue weighted by Gasteiger charge is -2.13. The maximum absolute atomic E-state index is 12.9. The van der Waals surface area contributed by atoms with Gasteiger partial charge in [-0.25, -0.2) is 15.0 Å². The molecule has 5 nitrogen and oxygen atoms in total. The Morgan fingerprint density at radius 2 is 1.94 bits per heavy atom. The summed E-state index contributed by atoms with van der Waals surface area (Å²) < 4.78 is 1.04. The third-order valence-corrected chi connectivity index (χ3v) is 8.50. The number of carbonyl (C=O) groups is 1. The van der Waals surface area contributed by atoms with E-state index in [2.05, 4.69) is 29.1 Å². The van der Waals surface area contributed by atoms with Crippen LogP contribution in [0.3, 0.4) is 0 Å². The molecule has 1 aromatic carbocycles. The molecule has 0 aliphatic heterocycles. The number of anilines is 1. The highest BCUT2D eigenvalue weighted by molar-refractivity contribution is 8.00. The van der Waals surface area contributed by atoms with Gasteiger partial charge in [-0.2, -0.15) is 0 Å². The number of carbonyl (C=O) groups excluding carboxylic acids is 1. The largest absolute Gasteiger partial charge is 0.325 e. The van der Waals surface area contributed by atoms with Crippen molar-refractivity contribution in [1.29, 1.82) is 0 Å². The number of rotatable bonds is 6. The Morgan fingerprint density at radius 1 is 1.15 bits per heavy atom. The third-order valence-electron chi connectivity index (χ3n) is 6.19. The highest BCUT2D eigenvalue weighted by atomic mass is 32.2. The monoisotopic (exact) mass is 476 g/mol. The van der Waals surface area contributed by atoms with E-state index in [-0.39, 0.29) is 11.2 Å². The van der Waals surface area contributed by atoms with Crippen molar-refractivity contribution in [1.82, 2.24) is 15.0 Å². The standard InChI is InChI=1S/C26H28N4OS2/c1-14(2)12-20-17-9-7-10-18(17)21-22-23(33-25(21)30-20)26(28-13-27-22)32-16(4)24(31)29-19-11-6-5-8-15(19)3/h5-6,8,11,13-14,16H,7,9-10,12H2,1-4H3,(H,29,31). The topological polar surface area (TPSA) is 67.8 Å². The van der Waals surface area contributed by atoms with Crippen LogP contribution >= 0.6 is 23.1 Å². The molecule has 3 heterocycles. The number of hydrogen-bond acceptors (Lipinski definition) is 6. The minimum atomic E-state index is -0.289. The molecule has 0 bridgehead atoms. The van der Waals surface area contributed by atoms with E-state index < -0.39 is 0 Å². The van der Waals surface area contributed by atoms with Gasteiger partial charge in [0, 0.05) is 16.8 Å². The van der Waals surface area contributed by atoms with Crippen LogP contribution in [-0.4, -0.2) is 26.1 Å². The highest BCUT2D eigenvalue weighted by Gasteiger charge is 2.25. The van der Waals surface area contributed by atoms with Crippen molar-refractivity contribution >= 4 is 55.1 Å². The van der Waals surface area contributed by atoms with Gasteiger partial charge in [-0.05, 0) is 68.2 Å². The smallest absolute Gasteiger partial charge is 0.237 e. The number of thioether (sulfide) groups is 1. The molecule has 0 saturated carbocycles. The first-order valence-corrected chi connectivity index (χ1v) is 13.2. The van der Waals surface area contributed by atoms with Gasteiger partial charge in [0.05, 0.1) is 15.5 Å². The summed E-state index contributed by atoms with van der Waals surface area (Å²) >= 11 is 3.16. The van der Waals surface area contributed by atoms with E-state index in [1.807, 2.05) is 38.1 Å². The maximum atomic E-state index is 12.9. The van der Waals surface area contributed by atoms with Gasteiger partial charge in [-0.1, -0.05) is 43.8 Å². The van der Waals surface area contributed by atoms with Crippen molar-refractivity contribution in [3.63, 3.8) is 0 Å². The van der Waals surface area contributed by atoms with Crippen LogP contribution in [0.25, 0.3) is 20.4 Å². The second-order valence-electron chi connectivity index (χ2n) is 9.17. The molecule has 170 valence electrons. The van der Waals surface area contributed by atoms with Crippen molar-refractivity contribution < 1.29 is 4.79 Å². The molecule has 4 aromatic rings. The zero-order valence-electron chi connectivity index (χ0n) is 19.4. The molecule has 0 fully saturated rings. The summed E-state index contributed by atoms with van der Waals surface area (Å²) in [6, 6.07) is 7.84. The molecule has 1 unspecified atom stereocenters. The fraction of sp³-hybridized carbons (Fsp3) is 0.385. The van der Waals surface area contributed by atoms with Crippen LogP contribution in [0.5, 0.6) is 0 Å². The molecule has 1 aliphatic carbocycles. The minimum absolute atomic E-state index is 0.0274. The van der Waals surface area contributed by atoms with Gasteiger partial charge in [-0.15, -0.1) is 11.3 Å². The Labute approximate surface area is 202 Å². The molecular weight excluding hydrogens is 448 g/mol. The lowest BCUT2D eigenvalue weighted by atomic mass is 9.99. The summed E-state index contributed by atoms with van der Waals surface area (Å²) in [6.45, 7) is 8.43. The first kappa shape index (κ1) is 22.3. The van der Waals surface area contributed by atoms with E-state index in [9.17, 15) is 4.79 Å². The van der Waals surface area contributed by atoms with Crippen LogP contribution in [0.15, 0.2) is 35.6 Å². The molecule has 7 heteroatoms. The van der Waals surface area contributed by atoms with E-state index in [0.717, 1.165) is 50.6 Å². The molecule has 33 heavy (non-hydrogen) atoms. The van der Waals surface area contributed by atoms with Gasteiger partial charge in [0.2, 0.25) is 5.91 Å². The molecule has 0 radical (unpaired) electrons. The van der Waals surface area contributed by atoms with E-state index in [1.54, 1.807) is 17.7 Å². The Balaban J connectivity index is 1.50. The molecule has 0 saturated heterocycles. The quantitative estimate of drug-likeness (QED) is 0.259. The lowest BCUT2D eigenvalue weighted by molar-refractivity contribution is -0.115. The maximum Gasteiger partial charge on any atom is 0.237 e. The van der Waals surface area contributed by atoms with Crippen LogP contribution in [0.1, 0.15) is 49.6 Å². The number of thiophene rings is 1. The minimum Gasteiger partial charge on any atom is -0.325 e. The average molecular weight is 477 g/mol. The summed E-state index contributed by atoms with van der Waals surface area (Å²) in [5.74, 6) is 0.549. The normalized spacial score (nSPS) is 14.2. The van der Waals surface area contributed by atoms with Crippen LogP contribution in [0.4, 0.5) is 5.69 Å². The highest BCUT2D eigenvalue weighted by Crippen LogP contribution is 2.42. The van der Waals surface area contributed by atoms with E-state index in [4.69, 9.17) is 4.98 Å². The van der Waals surface area contributed by atoms with E-state index >= 15 is 0 Å². The van der Waals surface area contributed by atoms with Crippen molar-refractivity contribution in [2.45, 2.75) is 63.7 Å². The number of benzene rings is 1. The number of amides is 1. The summed E-state index contributed by atoms with van der Waals surface area (Å²) in [5.41, 5.74) is 7.01. The Morgan fingerprint density at radius 3 is 2.73 bits per heavy atom. The lowest BCUT2D eigenvalue weighted by Crippen LogP contribution is -2.22. The van der Waals surface area contributed by atoms with E-state index in [1.165, 1.54) is 40.4 Å². The second-order valence-corrected chi connectivity index (χ2v) is 11.5. The number of para-hydroxylation sites is 1.